The van der Waals surface area contributed by atoms with Crippen molar-refractivity contribution >= 4 is 5.69 Å². The third-order valence-electron chi connectivity index (χ3n) is 2.33. The maximum Gasteiger partial charge on any atom is 0.187 e. The second kappa shape index (κ2) is 3.98. The first-order chi connectivity index (χ1) is 7.29. The molecule has 2 aromatic carbocycles. The molecular weight excluding hydrogens is 182 g/mol. The van der Waals surface area contributed by atoms with Crippen LogP contribution < -0.4 is 0 Å². The summed E-state index contributed by atoms with van der Waals surface area (Å²) < 4.78 is 0. The van der Waals surface area contributed by atoms with Crippen molar-refractivity contribution in [2.45, 2.75) is 6.92 Å². The summed E-state index contributed by atoms with van der Waals surface area (Å²) in [6, 6.07) is 16.0. The van der Waals surface area contributed by atoms with E-state index in [2.05, 4.69) is 30.0 Å². The number of nitrogens with zero attached hydrogens (tertiary/aromatic N) is 1. The van der Waals surface area contributed by atoms with E-state index in [9.17, 15) is 0 Å². The summed E-state index contributed by atoms with van der Waals surface area (Å²) in [6.45, 7) is 9.04. The van der Waals surface area contributed by atoms with Crippen LogP contribution in [0.1, 0.15) is 5.56 Å². The maximum absolute atomic E-state index is 6.97. The Labute approximate surface area is 89.8 Å². The van der Waals surface area contributed by atoms with Gasteiger partial charge < -0.3 is 0 Å². The average molecular weight is 193 g/mol. The second-order valence-corrected chi connectivity index (χ2v) is 3.53. The summed E-state index contributed by atoms with van der Waals surface area (Å²) in [5.74, 6) is 0. The zero-order valence-corrected chi connectivity index (χ0v) is 8.57. The van der Waals surface area contributed by atoms with Gasteiger partial charge in [-0.1, -0.05) is 48.0 Å². The fourth-order valence-electron chi connectivity index (χ4n) is 1.58. The van der Waals surface area contributed by atoms with Crippen molar-refractivity contribution in [2.75, 3.05) is 0 Å². The van der Waals surface area contributed by atoms with Crippen molar-refractivity contribution in [2.24, 2.45) is 0 Å². The lowest BCUT2D eigenvalue weighted by Crippen LogP contribution is -1.78. The maximum atomic E-state index is 6.97. The Hall–Kier alpha value is -2.07. The van der Waals surface area contributed by atoms with E-state index < -0.39 is 0 Å². The molecule has 0 aliphatic rings. The van der Waals surface area contributed by atoms with Gasteiger partial charge in [-0.05, 0) is 24.1 Å². The first kappa shape index (κ1) is 9.48. The molecule has 0 atom stereocenters. The summed E-state index contributed by atoms with van der Waals surface area (Å²) in [4.78, 5) is 3.43. The molecule has 72 valence electrons. The van der Waals surface area contributed by atoms with E-state index in [4.69, 9.17) is 6.57 Å². The number of rotatable bonds is 1. The fraction of sp³-hybridized carbons (Fsp3) is 0.0714. The number of hydrogen-bond donors (Lipinski definition) is 0. The molecule has 0 saturated heterocycles. The normalized spacial score (nSPS) is 9.60. The van der Waals surface area contributed by atoms with Crippen LogP contribution in [0.3, 0.4) is 0 Å². The van der Waals surface area contributed by atoms with Crippen LogP contribution in [0.2, 0.25) is 0 Å². The minimum absolute atomic E-state index is 0.689. The monoisotopic (exact) mass is 193 g/mol. The predicted molar refractivity (Wildman–Crippen MR) is 62.9 cm³/mol. The van der Waals surface area contributed by atoms with Crippen molar-refractivity contribution < 1.29 is 0 Å². The predicted octanol–water partition coefficient (Wildman–Crippen LogP) is 4.21. The fourth-order valence-corrected chi connectivity index (χ4v) is 1.58. The van der Waals surface area contributed by atoms with Gasteiger partial charge in [-0.15, -0.1) is 0 Å². The Kier molecular flexibility index (Phi) is 2.51. The molecule has 1 nitrogen and oxygen atoms in total. The van der Waals surface area contributed by atoms with Gasteiger partial charge in [0, 0.05) is 0 Å². The number of hydrogen-bond acceptors (Lipinski definition) is 0. The Bertz CT molecular complexity index is 521. The third-order valence-corrected chi connectivity index (χ3v) is 2.33. The van der Waals surface area contributed by atoms with E-state index in [0.29, 0.717) is 5.69 Å². The molecule has 0 aliphatic heterocycles. The molecule has 0 N–H and O–H groups in total. The van der Waals surface area contributed by atoms with Gasteiger partial charge in [0.25, 0.3) is 0 Å². The highest BCUT2D eigenvalue weighted by Gasteiger charge is 1.98. The van der Waals surface area contributed by atoms with E-state index in [1.54, 1.807) is 0 Å². The Morgan fingerprint density at radius 1 is 0.933 bits per heavy atom. The van der Waals surface area contributed by atoms with Gasteiger partial charge >= 0.3 is 0 Å². The molecule has 0 spiro atoms. The van der Waals surface area contributed by atoms with Crippen LogP contribution in [0.4, 0.5) is 5.69 Å². The van der Waals surface area contributed by atoms with E-state index in [1.807, 2.05) is 30.3 Å². The molecule has 0 aliphatic carbocycles. The van der Waals surface area contributed by atoms with Crippen LogP contribution in [0, 0.1) is 13.5 Å². The summed E-state index contributed by atoms with van der Waals surface area (Å²) in [6.07, 6.45) is 0. The molecule has 0 fully saturated rings. The highest BCUT2D eigenvalue weighted by atomic mass is 14.6. The lowest BCUT2D eigenvalue weighted by Gasteiger charge is -2.03. The Morgan fingerprint density at radius 3 is 2.27 bits per heavy atom. The molecule has 0 unspecified atom stereocenters. The van der Waals surface area contributed by atoms with Crippen LogP contribution in [0.15, 0.2) is 48.5 Å². The van der Waals surface area contributed by atoms with Gasteiger partial charge in [0.2, 0.25) is 0 Å². The molecule has 2 rings (SSSR count). The smallest absolute Gasteiger partial charge is 0.187 e. The van der Waals surface area contributed by atoms with Gasteiger partial charge in [-0.25, -0.2) is 4.85 Å². The van der Waals surface area contributed by atoms with Crippen molar-refractivity contribution in [3.8, 4) is 11.1 Å². The van der Waals surface area contributed by atoms with Crippen LogP contribution in [0.25, 0.3) is 16.0 Å². The Balaban J connectivity index is 2.50. The standard InChI is InChI=1S/C14H11N/c1-11-5-3-6-12(9-11)13-7-4-8-14(10-13)15-2/h3-10H,1H3. The summed E-state index contributed by atoms with van der Waals surface area (Å²) in [5, 5.41) is 0. The van der Waals surface area contributed by atoms with Gasteiger partial charge in [-0.2, -0.15) is 0 Å². The molecule has 0 bridgehead atoms. The lowest BCUT2D eigenvalue weighted by atomic mass is 10.0. The average Bonchev–Trinajstić information content (AvgIpc) is 2.29. The zero-order chi connectivity index (χ0) is 10.7. The summed E-state index contributed by atoms with van der Waals surface area (Å²) >= 11 is 0. The molecule has 15 heavy (non-hydrogen) atoms. The van der Waals surface area contributed by atoms with Gasteiger partial charge in [0.15, 0.2) is 5.69 Å². The van der Waals surface area contributed by atoms with Gasteiger partial charge in [-0.3, -0.25) is 0 Å². The van der Waals surface area contributed by atoms with Crippen LogP contribution in [-0.4, -0.2) is 0 Å². The van der Waals surface area contributed by atoms with Gasteiger partial charge in [0.1, 0.15) is 0 Å². The van der Waals surface area contributed by atoms with Crippen LogP contribution in [-0.2, 0) is 0 Å². The second-order valence-electron chi connectivity index (χ2n) is 3.53. The third kappa shape index (κ3) is 2.05. The van der Waals surface area contributed by atoms with Crippen LogP contribution in [0.5, 0.6) is 0 Å². The summed E-state index contributed by atoms with van der Waals surface area (Å²) in [5.41, 5.74) is 4.20. The highest BCUT2D eigenvalue weighted by molar-refractivity contribution is 5.68. The SMILES string of the molecule is [C-]#[N+]c1cccc(-c2cccc(C)c2)c1. The Morgan fingerprint density at radius 2 is 1.60 bits per heavy atom. The minimum atomic E-state index is 0.689. The highest BCUT2D eigenvalue weighted by Crippen LogP contribution is 2.24. The molecule has 0 saturated carbocycles. The van der Waals surface area contributed by atoms with Crippen molar-refractivity contribution in [3.63, 3.8) is 0 Å². The molecule has 1 heteroatoms. The van der Waals surface area contributed by atoms with E-state index >= 15 is 0 Å². The first-order valence-corrected chi connectivity index (χ1v) is 4.84. The molecule has 0 amide bonds. The molecular formula is C14H11N. The molecule has 0 heterocycles. The number of aryl methyl sites for hydroxylation is 1. The number of benzene rings is 2. The minimum Gasteiger partial charge on any atom is -0.238 e. The van der Waals surface area contributed by atoms with E-state index in [1.165, 1.54) is 11.1 Å². The first-order valence-electron chi connectivity index (χ1n) is 4.84. The molecule has 0 aromatic heterocycles. The van der Waals surface area contributed by atoms with Crippen molar-refractivity contribution in [3.05, 3.63) is 65.5 Å². The largest absolute Gasteiger partial charge is 0.238 e. The van der Waals surface area contributed by atoms with E-state index in [0.717, 1.165) is 5.56 Å². The summed E-state index contributed by atoms with van der Waals surface area (Å²) in [7, 11) is 0. The molecule has 0 radical (unpaired) electrons. The zero-order valence-electron chi connectivity index (χ0n) is 8.57. The molecule has 2 aromatic rings. The quantitative estimate of drug-likeness (QED) is 0.597. The topological polar surface area (TPSA) is 4.36 Å². The van der Waals surface area contributed by atoms with Gasteiger partial charge in [0.05, 0.1) is 6.57 Å². The van der Waals surface area contributed by atoms with E-state index in [-0.39, 0.29) is 0 Å². The van der Waals surface area contributed by atoms with Crippen molar-refractivity contribution in [1.82, 2.24) is 0 Å². The van der Waals surface area contributed by atoms with Crippen LogP contribution >= 0.6 is 0 Å². The van der Waals surface area contributed by atoms with Crippen molar-refractivity contribution in [1.29, 1.82) is 0 Å². The lowest BCUT2D eigenvalue weighted by molar-refractivity contribution is 1.47.